The van der Waals surface area contributed by atoms with Crippen molar-refractivity contribution in [3.8, 4) is 0 Å². The number of piperidine rings is 1. The number of amides is 1. The zero-order valence-corrected chi connectivity index (χ0v) is 21.4. The summed E-state index contributed by atoms with van der Waals surface area (Å²) in [5.74, 6) is -2.83. The predicted molar refractivity (Wildman–Crippen MR) is 134 cm³/mol. The average molecular weight is 522 g/mol. The van der Waals surface area contributed by atoms with Gasteiger partial charge in [-0.2, -0.15) is 5.10 Å². The lowest BCUT2D eigenvalue weighted by atomic mass is 9.94. The van der Waals surface area contributed by atoms with Gasteiger partial charge < -0.3 is 9.69 Å². The van der Waals surface area contributed by atoms with Crippen LogP contribution in [0.5, 0.6) is 0 Å². The lowest BCUT2D eigenvalue weighted by Crippen LogP contribution is -2.38. The molecule has 1 amide bonds. The summed E-state index contributed by atoms with van der Waals surface area (Å²) in [5.41, 5.74) is 2.84. The third-order valence-corrected chi connectivity index (χ3v) is 7.57. The van der Waals surface area contributed by atoms with Crippen molar-refractivity contribution >= 4 is 46.3 Å². The number of rotatable bonds is 6. The van der Waals surface area contributed by atoms with E-state index in [-0.39, 0.29) is 23.0 Å². The highest BCUT2D eigenvalue weighted by atomic mass is 35.5. The molecule has 3 aromatic rings. The van der Waals surface area contributed by atoms with Gasteiger partial charge in [0.1, 0.15) is 6.29 Å². The molecule has 2 aromatic carbocycles. The Kier molecular flexibility index (Phi) is 7.21. The number of nitrogens with zero attached hydrogens (tertiary/aromatic N) is 3. The SMILES string of the molecule is Cc1nn(Cc2c(Cl)ccc(C(=O)N3CCC(CC=O)CC3)c2Cl)c2c(C)cc(C(C)(F)F)cc12. The molecule has 2 heterocycles. The van der Waals surface area contributed by atoms with Crippen molar-refractivity contribution in [1.29, 1.82) is 0 Å². The molecule has 0 saturated carbocycles. The van der Waals surface area contributed by atoms with E-state index in [9.17, 15) is 18.4 Å². The van der Waals surface area contributed by atoms with Crippen molar-refractivity contribution < 1.29 is 18.4 Å². The van der Waals surface area contributed by atoms with E-state index in [0.717, 1.165) is 31.6 Å². The first-order valence-corrected chi connectivity index (χ1v) is 12.3. The largest absolute Gasteiger partial charge is 0.339 e. The minimum atomic E-state index is -2.96. The molecule has 1 saturated heterocycles. The fourth-order valence-corrected chi connectivity index (χ4v) is 5.36. The zero-order chi connectivity index (χ0) is 25.5. The Bertz CT molecular complexity index is 1290. The molecule has 4 rings (SSSR count). The summed E-state index contributed by atoms with van der Waals surface area (Å²) in [6.45, 7) is 5.74. The van der Waals surface area contributed by atoms with Crippen molar-refractivity contribution in [2.75, 3.05) is 13.1 Å². The maximum atomic E-state index is 14.0. The van der Waals surface area contributed by atoms with Gasteiger partial charge >= 0.3 is 0 Å². The second kappa shape index (κ2) is 9.86. The molecule has 1 aromatic heterocycles. The first kappa shape index (κ1) is 25.6. The Balaban J connectivity index is 1.66. The highest BCUT2D eigenvalue weighted by Gasteiger charge is 2.28. The van der Waals surface area contributed by atoms with Crippen LogP contribution in [0.15, 0.2) is 24.3 Å². The quantitative estimate of drug-likeness (QED) is 0.345. The molecule has 0 aliphatic carbocycles. The highest BCUT2D eigenvalue weighted by molar-refractivity contribution is 6.38. The van der Waals surface area contributed by atoms with Gasteiger partial charge in [0.25, 0.3) is 11.8 Å². The van der Waals surface area contributed by atoms with Crippen molar-refractivity contribution in [2.24, 2.45) is 5.92 Å². The van der Waals surface area contributed by atoms with Gasteiger partial charge in [-0.1, -0.05) is 23.2 Å². The lowest BCUT2D eigenvalue weighted by Gasteiger charge is -2.31. The molecule has 1 aliphatic rings. The minimum Gasteiger partial charge on any atom is -0.339 e. The minimum absolute atomic E-state index is 0.0641. The number of likely N-dealkylation sites (tertiary alicyclic amines) is 1. The van der Waals surface area contributed by atoms with Crippen LogP contribution in [0.4, 0.5) is 8.78 Å². The van der Waals surface area contributed by atoms with Crippen molar-refractivity contribution in [2.45, 2.75) is 52.5 Å². The summed E-state index contributed by atoms with van der Waals surface area (Å²) in [6.07, 6.45) is 3.00. The summed E-state index contributed by atoms with van der Waals surface area (Å²) >= 11 is 13.2. The van der Waals surface area contributed by atoms with Crippen molar-refractivity contribution in [3.63, 3.8) is 0 Å². The standard InChI is InChI=1S/C26H27Cl2F2N3O2/c1-15-12-18(26(3,29)30)13-20-16(2)31-33(24(15)20)14-21-22(27)5-4-19(23(21)28)25(35)32-9-6-17(7-10-32)8-11-34/h4-5,11-13,17H,6-10,14H2,1-3H3. The first-order chi connectivity index (χ1) is 16.5. The summed E-state index contributed by atoms with van der Waals surface area (Å²) in [5, 5.41) is 5.86. The average Bonchev–Trinajstić information content (AvgIpc) is 3.12. The number of fused-ring (bicyclic) bond motifs is 1. The van der Waals surface area contributed by atoms with Crippen LogP contribution in [0, 0.1) is 19.8 Å². The third-order valence-electron chi connectivity index (χ3n) is 6.78. The van der Waals surface area contributed by atoms with Gasteiger partial charge in [-0.25, -0.2) is 8.78 Å². The number of aryl methyl sites for hydroxylation is 2. The number of carbonyl (C=O) groups excluding carboxylic acids is 2. The van der Waals surface area contributed by atoms with Crippen LogP contribution in [-0.2, 0) is 17.3 Å². The van der Waals surface area contributed by atoms with Gasteiger partial charge in [0.05, 0.1) is 28.3 Å². The number of hydrogen-bond acceptors (Lipinski definition) is 3. The topological polar surface area (TPSA) is 55.2 Å². The number of carbonyl (C=O) groups is 2. The van der Waals surface area contributed by atoms with E-state index in [2.05, 4.69) is 5.10 Å². The van der Waals surface area contributed by atoms with Gasteiger partial charge in [-0.3, -0.25) is 9.48 Å². The van der Waals surface area contributed by atoms with Gasteiger partial charge in [0.2, 0.25) is 0 Å². The Morgan fingerprint density at radius 1 is 1.20 bits per heavy atom. The second-order valence-corrected chi connectivity index (χ2v) is 10.1. The molecule has 1 fully saturated rings. The molecule has 0 N–H and O–H groups in total. The molecular weight excluding hydrogens is 495 g/mol. The van der Waals surface area contributed by atoms with Crippen LogP contribution < -0.4 is 0 Å². The Hall–Kier alpha value is -2.51. The molecule has 0 spiro atoms. The van der Waals surface area contributed by atoms with E-state index in [4.69, 9.17) is 23.2 Å². The van der Waals surface area contributed by atoms with Crippen molar-refractivity contribution in [3.05, 3.63) is 62.3 Å². The molecule has 0 unspecified atom stereocenters. The summed E-state index contributed by atoms with van der Waals surface area (Å²) in [6, 6.07) is 6.22. The monoisotopic (exact) mass is 521 g/mol. The second-order valence-electron chi connectivity index (χ2n) is 9.35. The molecule has 9 heteroatoms. The number of hydrogen-bond donors (Lipinski definition) is 0. The molecular formula is C26H27Cl2F2N3O2. The Labute approximate surface area is 213 Å². The molecule has 1 aliphatic heterocycles. The number of halogens is 4. The number of aldehydes is 1. The van der Waals surface area contributed by atoms with E-state index >= 15 is 0 Å². The van der Waals surface area contributed by atoms with Crippen molar-refractivity contribution in [1.82, 2.24) is 14.7 Å². The predicted octanol–water partition coefficient (Wildman–Crippen LogP) is 6.56. The smallest absolute Gasteiger partial charge is 0.270 e. The summed E-state index contributed by atoms with van der Waals surface area (Å²) in [7, 11) is 0. The van der Waals surface area contributed by atoms with Crippen LogP contribution in [0.2, 0.25) is 10.0 Å². The Morgan fingerprint density at radius 3 is 2.51 bits per heavy atom. The molecule has 0 radical (unpaired) electrons. The fraction of sp³-hybridized carbons (Fsp3) is 0.423. The normalized spacial score (nSPS) is 15.1. The van der Waals surface area contributed by atoms with Crippen LogP contribution in [0.25, 0.3) is 10.9 Å². The maximum absolute atomic E-state index is 14.0. The molecule has 5 nitrogen and oxygen atoms in total. The van der Waals surface area contributed by atoms with E-state index in [1.807, 2.05) is 0 Å². The van der Waals surface area contributed by atoms with E-state index in [1.54, 1.807) is 35.6 Å². The van der Waals surface area contributed by atoms with E-state index < -0.39 is 5.92 Å². The van der Waals surface area contributed by atoms with Crippen LogP contribution in [0.3, 0.4) is 0 Å². The molecule has 35 heavy (non-hydrogen) atoms. The Morgan fingerprint density at radius 2 is 1.89 bits per heavy atom. The number of alkyl halides is 2. The number of aromatic nitrogens is 2. The lowest BCUT2D eigenvalue weighted by molar-refractivity contribution is -0.108. The third kappa shape index (κ3) is 5.07. The summed E-state index contributed by atoms with van der Waals surface area (Å²) in [4.78, 5) is 25.8. The van der Waals surface area contributed by atoms with Gasteiger partial charge in [0, 0.05) is 48.0 Å². The fourth-order valence-electron chi connectivity index (χ4n) is 4.79. The molecule has 0 bridgehead atoms. The summed E-state index contributed by atoms with van der Waals surface area (Å²) < 4.78 is 29.6. The van der Waals surface area contributed by atoms with Crippen LogP contribution >= 0.6 is 23.2 Å². The van der Waals surface area contributed by atoms with Gasteiger partial charge in [0.15, 0.2) is 0 Å². The first-order valence-electron chi connectivity index (χ1n) is 11.6. The van der Waals surface area contributed by atoms with Gasteiger partial charge in [-0.05, 0) is 62.4 Å². The molecule has 0 atom stereocenters. The molecule has 186 valence electrons. The van der Waals surface area contributed by atoms with E-state index in [1.165, 1.54) is 12.1 Å². The van der Waals surface area contributed by atoms with Gasteiger partial charge in [-0.15, -0.1) is 0 Å². The van der Waals surface area contributed by atoms with Crippen LogP contribution in [0.1, 0.15) is 58.9 Å². The zero-order valence-electron chi connectivity index (χ0n) is 19.9. The van der Waals surface area contributed by atoms with Crippen LogP contribution in [-0.4, -0.2) is 40.0 Å². The van der Waals surface area contributed by atoms with E-state index in [0.29, 0.717) is 58.2 Å². The maximum Gasteiger partial charge on any atom is 0.270 e. The number of benzene rings is 2. The highest BCUT2D eigenvalue weighted by Crippen LogP contribution is 2.35.